The van der Waals surface area contributed by atoms with Crippen LogP contribution < -0.4 is 0 Å². The molecule has 1 aliphatic rings. The van der Waals surface area contributed by atoms with Gasteiger partial charge in [-0.25, -0.2) is 4.98 Å². The van der Waals surface area contributed by atoms with Gasteiger partial charge >= 0.3 is 0 Å². The average molecular weight is 350 g/mol. The van der Waals surface area contributed by atoms with Crippen molar-refractivity contribution in [1.82, 2.24) is 14.8 Å². The van der Waals surface area contributed by atoms with E-state index in [1.807, 2.05) is 17.0 Å². The molecule has 0 aliphatic carbocycles. The summed E-state index contributed by atoms with van der Waals surface area (Å²) in [5.74, 6) is 0.0630. The first-order valence-electron chi connectivity index (χ1n) is 7.73. The van der Waals surface area contributed by atoms with Crippen molar-refractivity contribution in [2.75, 3.05) is 26.2 Å². The molecule has 2 heterocycles. The molecule has 0 radical (unpaired) electrons. The third-order valence-electron chi connectivity index (χ3n) is 4.16. The molecule has 122 valence electrons. The molecular formula is C17H20ClN3OS. The van der Waals surface area contributed by atoms with E-state index >= 15 is 0 Å². The van der Waals surface area contributed by atoms with Gasteiger partial charge in [0.25, 0.3) is 5.91 Å². The van der Waals surface area contributed by atoms with E-state index in [2.05, 4.69) is 23.7 Å². The summed E-state index contributed by atoms with van der Waals surface area (Å²) in [7, 11) is 0. The number of hydrogen-bond donors (Lipinski definition) is 0. The van der Waals surface area contributed by atoms with Gasteiger partial charge < -0.3 is 4.90 Å². The molecule has 0 atom stereocenters. The average Bonchev–Trinajstić information content (AvgIpc) is 2.85. The molecule has 1 amide bonds. The highest BCUT2D eigenvalue weighted by Gasteiger charge is 2.23. The molecule has 23 heavy (non-hydrogen) atoms. The molecule has 3 rings (SSSR count). The van der Waals surface area contributed by atoms with Gasteiger partial charge in [-0.1, -0.05) is 17.7 Å². The van der Waals surface area contributed by atoms with E-state index < -0.39 is 0 Å². The van der Waals surface area contributed by atoms with E-state index in [1.54, 1.807) is 23.5 Å². The molecule has 0 spiro atoms. The highest BCUT2D eigenvalue weighted by Crippen LogP contribution is 2.19. The molecule has 0 bridgehead atoms. The number of benzene rings is 1. The van der Waals surface area contributed by atoms with Gasteiger partial charge in [-0.2, -0.15) is 0 Å². The lowest BCUT2D eigenvalue weighted by atomic mass is 10.2. The van der Waals surface area contributed by atoms with Crippen molar-refractivity contribution in [3.8, 4) is 0 Å². The van der Waals surface area contributed by atoms with Gasteiger partial charge in [0.15, 0.2) is 0 Å². The predicted molar refractivity (Wildman–Crippen MR) is 94.2 cm³/mol. The standard InChI is InChI=1S/C17H20ClN3OS/c1-12-13(2)23-16(19-12)11-20-6-8-21(9-7-20)17(22)14-4-3-5-15(18)10-14/h3-5,10H,6-9,11H2,1-2H3. The molecule has 1 aromatic heterocycles. The summed E-state index contributed by atoms with van der Waals surface area (Å²) in [6.45, 7) is 8.28. The molecule has 6 heteroatoms. The van der Waals surface area contributed by atoms with Gasteiger partial charge in [-0.05, 0) is 32.0 Å². The number of nitrogens with zero attached hydrogens (tertiary/aromatic N) is 3. The minimum atomic E-state index is 0.0630. The fourth-order valence-electron chi connectivity index (χ4n) is 2.71. The quantitative estimate of drug-likeness (QED) is 0.852. The Balaban J connectivity index is 1.56. The minimum absolute atomic E-state index is 0.0630. The number of aryl methyl sites for hydroxylation is 2. The van der Waals surface area contributed by atoms with Crippen molar-refractivity contribution >= 4 is 28.8 Å². The van der Waals surface area contributed by atoms with E-state index in [0.717, 1.165) is 43.4 Å². The number of amides is 1. The van der Waals surface area contributed by atoms with Crippen molar-refractivity contribution < 1.29 is 4.79 Å². The zero-order valence-electron chi connectivity index (χ0n) is 13.4. The molecule has 1 fully saturated rings. The molecule has 1 saturated heterocycles. The second-order valence-corrected chi connectivity index (χ2v) is 7.55. The van der Waals surface area contributed by atoms with Crippen molar-refractivity contribution in [3.63, 3.8) is 0 Å². The molecule has 0 saturated carbocycles. The number of hydrogen-bond acceptors (Lipinski definition) is 4. The SMILES string of the molecule is Cc1nc(CN2CCN(C(=O)c3cccc(Cl)c3)CC2)sc1C. The molecule has 1 aliphatic heterocycles. The van der Waals surface area contributed by atoms with Crippen LogP contribution in [0.25, 0.3) is 0 Å². The molecule has 0 N–H and O–H groups in total. The van der Waals surface area contributed by atoms with Crippen molar-refractivity contribution in [2.24, 2.45) is 0 Å². The van der Waals surface area contributed by atoms with Crippen LogP contribution in [0.15, 0.2) is 24.3 Å². The van der Waals surface area contributed by atoms with Crippen molar-refractivity contribution in [3.05, 3.63) is 50.4 Å². The Labute approximate surface area is 145 Å². The summed E-state index contributed by atoms with van der Waals surface area (Å²) in [4.78, 5) is 22.7. The Morgan fingerprint density at radius 3 is 2.61 bits per heavy atom. The second kappa shape index (κ2) is 6.99. The van der Waals surface area contributed by atoms with E-state index in [9.17, 15) is 4.79 Å². The number of thiazole rings is 1. The van der Waals surface area contributed by atoms with Crippen LogP contribution in [-0.4, -0.2) is 46.9 Å². The summed E-state index contributed by atoms with van der Waals surface area (Å²) in [5.41, 5.74) is 1.79. The van der Waals surface area contributed by atoms with Gasteiger partial charge in [0, 0.05) is 41.6 Å². The highest BCUT2D eigenvalue weighted by molar-refractivity contribution is 7.11. The largest absolute Gasteiger partial charge is 0.336 e. The Morgan fingerprint density at radius 1 is 1.26 bits per heavy atom. The van der Waals surface area contributed by atoms with Crippen molar-refractivity contribution in [2.45, 2.75) is 20.4 Å². The lowest BCUT2D eigenvalue weighted by Gasteiger charge is -2.34. The van der Waals surface area contributed by atoms with Crippen LogP contribution in [0.4, 0.5) is 0 Å². The molecule has 1 aromatic carbocycles. The molecule has 2 aromatic rings. The Morgan fingerprint density at radius 2 is 2.00 bits per heavy atom. The summed E-state index contributed by atoms with van der Waals surface area (Å²) < 4.78 is 0. The number of halogens is 1. The van der Waals surface area contributed by atoms with E-state index in [-0.39, 0.29) is 5.91 Å². The zero-order valence-corrected chi connectivity index (χ0v) is 15.0. The fraction of sp³-hybridized carbons (Fsp3) is 0.412. The lowest BCUT2D eigenvalue weighted by molar-refractivity contribution is 0.0628. The van der Waals surface area contributed by atoms with Crippen LogP contribution >= 0.6 is 22.9 Å². The van der Waals surface area contributed by atoms with Crippen LogP contribution in [0.2, 0.25) is 5.02 Å². The Hall–Kier alpha value is -1.43. The number of aromatic nitrogens is 1. The normalized spacial score (nSPS) is 15.9. The third kappa shape index (κ3) is 3.91. The van der Waals surface area contributed by atoms with Gasteiger partial charge in [0.2, 0.25) is 0 Å². The molecular weight excluding hydrogens is 330 g/mol. The highest BCUT2D eigenvalue weighted by atomic mass is 35.5. The van der Waals surface area contributed by atoms with E-state index in [0.29, 0.717) is 10.6 Å². The predicted octanol–water partition coefficient (Wildman–Crippen LogP) is 3.37. The number of carbonyl (C=O) groups excluding carboxylic acids is 1. The maximum Gasteiger partial charge on any atom is 0.253 e. The van der Waals surface area contributed by atoms with Crippen LogP contribution in [0.1, 0.15) is 25.9 Å². The first kappa shape index (κ1) is 16.4. The van der Waals surface area contributed by atoms with Gasteiger partial charge in [-0.3, -0.25) is 9.69 Å². The van der Waals surface area contributed by atoms with Gasteiger partial charge in [0.05, 0.1) is 12.2 Å². The summed E-state index contributed by atoms with van der Waals surface area (Å²) in [6.07, 6.45) is 0. The van der Waals surface area contributed by atoms with Crippen molar-refractivity contribution in [1.29, 1.82) is 0 Å². The maximum absolute atomic E-state index is 12.5. The fourth-order valence-corrected chi connectivity index (χ4v) is 3.88. The summed E-state index contributed by atoms with van der Waals surface area (Å²) in [6, 6.07) is 7.16. The van der Waals surface area contributed by atoms with Crippen LogP contribution in [0, 0.1) is 13.8 Å². The third-order valence-corrected chi connectivity index (χ3v) is 5.46. The second-order valence-electron chi connectivity index (χ2n) is 5.83. The monoisotopic (exact) mass is 349 g/mol. The smallest absolute Gasteiger partial charge is 0.253 e. The minimum Gasteiger partial charge on any atom is -0.336 e. The molecule has 4 nitrogen and oxygen atoms in total. The maximum atomic E-state index is 12.5. The number of piperazine rings is 1. The number of carbonyl (C=O) groups is 1. The van der Waals surface area contributed by atoms with E-state index in [1.165, 1.54) is 4.88 Å². The van der Waals surface area contributed by atoms with E-state index in [4.69, 9.17) is 11.6 Å². The first-order valence-corrected chi connectivity index (χ1v) is 8.92. The number of rotatable bonds is 3. The Bertz CT molecular complexity index is 688. The summed E-state index contributed by atoms with van der Waals surface area (Å²) in [5, 5.41) is 1.76. The van der Waals surface area contributed by atoms with Crippen LogP contribution in [0.5, 0.6) is 0 Å². The van der Waals surface area contributed by atoms with Crippen LogP contribution in [0.3, 0.4) is 0 Å². The topological polar surface area (TPSA) is 36.4 Å². The lowest BCUT2D eigenvalue weighted by Crippen LogP contribution is -2.48. The van der Waals surface area contributed by atoms with Gasteiger partial charge in [-0.15, -0.1) is 11.3 Å². The zero-order chi connectivity index (χ0) is 16.4. The first-order chi connectivity index (χ1) is 11.0. The molecule has 0 unspecified atom stereocenters. The van der Waals surface area contributed by atoms with Crippen LogP contribution in [-0.2, 0) is 6.54 Å². The Kier molecular flexibility index (Phi) is 4.99. The van der Waals surface area contributed by atoms with Gasteiger partial charge in [0.1, 0.15) is 5.01 Å². The summed E-state index contributed by atoms with van der Waals surface area (Å²) >= 11 is 7.74.